The van der Waals surface area contributed by atoms with Crippen molar-refractivity contribution in [1.82, 2.24) is 10.0 Å². The van der Waals surface area contributed by atoms with E-state index in [1.54, 1.807) is 19.9 Å². The van der Waals surface area contributed by atoms with Crippen LogP contribution in [0.5, 0.6) is 0 Å². The van der Waals surface area contributed by atoms with Crippen LogP contribution in [0.25, 0.3) is 0 Å². The van der Waals surface area contributed by atoms with Gasteiger partial charge in [0.15, 0.2) is 0 Å². The number of hydrogen-bond acceptors (Lipinski definition) is 6. The zero-order chi connectivity index (χ0) is 18.4. The lowest BCUT2D eigenvalue weighted by molar-refractivity contribution is -0.192. The molecular weight excluding hydrogens is 328 g/mol. The van der Waals surface area contributed by atoms with Gasteiger partial charge in [-0.05, 0) is 32.4 Å². The standard InChI is InChI=1S/C17H24N2O6/c1-4-7-12-25-17-11-10-13(8-9-14(17)20)18(15(21)23-5-2)19(17)16(22)24-6-3/h8-11,13H,4-7,12H2,1-3H3/t13-,17-/m1/s1. The van der Waals surface area contributed by atoms with E-state index in [1.807, 2.05) is 6.92 Å². The minimum absolute atomic E-state index is 0.0903. The summed E-state index contributed by atoms with van der Waals surface area (Å²) in [4.78, 5) is 37.8. The Bertz CT molecular complexity index is 588. The van der Waals surface area contributed by atoms with E-state index >= 15 is 0 Å². The van der Waals surface area contributed by atoms with Crippen LogP contribution in [0.3, 0.4) is 0 Å². The van der Waals surface area contributed by atoms with Crippen LogP contribution in [0, 0.1) is 0 Å². The number of rotatable bonds is 6. The highest BCUT2D eigenvalue weighted by atomic mass is 16.6. The molecular formula is C17H24N2O6. The van der Waals surface area contributed by atoms with Crippen molar-refractivity contribution in [3.63, 3.8) is 0 Å². The summed E-state index contributed by atoms with van der Waals surface area (Å²) < 4.78 is 15.9. The maximum atomic E-state index is 12.7. The molecule has 0 aromatic heterocycles. The lowest BCUT2D eigenvalue weighted by atomic mass is 10.1. The van der Waals surface area contributed by atoms with Gasteiger partial charge in [0.1, 0.15) is 0 Å². The van der Waals surface area contributed by atoms with Crippen molar-refractivity contribution >= 4 is 18.0 Å². The predicted octanol–water partition coefficient (Wildman–Crippen LogP) is 2.41. The Morgan fingerprint density at radius 2 is 1.80 bits per heavy atom. The Morgan fingerprint density at radius 3 is 2.44 bits per heavy atom. The number of carbonyl (C=O) groups is 3. The third-order valence-electron chi connectivity index (χ3n) is 3.85. The molecule has 0 saturated heterocycles. The topological polar surface area (TPSA) is 85.4 Å². The Labute approximate surface area is 147 Å². The fourth-order valence-corrected chi connectivity index (χ4v) is 2.67. The number of hydrazine groups is 1. The molecule has 0 unspecified atom stereocenters. The summed E-state index contributed by atoms with van der Waals surface area (Å²) in [5.41, 5.74) is -1.75. The molecule has 2 bridgehead atoms. The summed E-state index contributed by atoms with van der Waals surface area (Å²) in [5.74, 6) is -0.456. The second-order valence-corrected chi connectivity index (χ2v) is 5.53. The van der Waals surface area contributed by atoms with E-state index in [0.29, 0.717) is 6.42 Å². The van der Waals surface area contributed by atoms with Crippen molar-refractivity contribution in [2.75, 3.05) is 19.8 Å². The number of unbranched alkanes of at least 4 members (excludes halogenated alkanes) is 1. The molecule has 0 spiro atoms. The van der Waals surface area contributed by atoms with E-state index in [-0.39, 0.29) is 19.8 Å². The van der Waals surface area contributed by atoms with E-state index < -0.39 is 29.7 Å². The normalized spacial score (nSPS) is 24.4. The van der Waals surface area contributed by atoms with Crippen LogP contribution in [0.4, 0.5) is 9.59 Å². The number of ether oxygens (including phenoxy) is 3. The van der Waals surface area contributed by atoms with Crippen molar-refractivity contribution in [3.8, 4) is 0 Å². The van der Waals surface area contributed by atoms with E-state index in [4.69, 9.17) is 14.2 Å². The van der Waals surface area contributed by atoms with Gasteiger partial charge in [0.2, 0.25) is 11.5 Å². The van der Waals surface area contributed by atoms with Gasteiger partial charge < -0.3 is 14.2 Å². The van der Waals surface area contributed by atoms with Crippen LogP contribution in [0.1, 0.15) is 33.6 Å². The zero-order valence-corrected chi connectivity index (χ0v) is 14.8. The van der Waals surface area contributed by atoms with Gasteiger partial charge in [-0.1, -0.05) is 25.5 Å². The zero-order valence-electron chi connectivity index (χ0n) is 14.8. The van der Waals surface area contributed by atoms with Crippen LogP contribution in [0.15, 0.2) is 24.3 Å². The first kappa shape index (κ1) is 19.0. The number of ketones is 1. The molecule has 0 fully saturated rings. The van der Waals surface area contributed by atoms with Crippen molar-refractivity contribution in [2.45, 2.75) is 45.4 Å². The SMILES string of the molecule is CCCCO[C@]12C=C[C@@H](C=CC1=O)N(C(=O)OCC)N2C(=O)OCC. The first-order valence-corrected chi connectivity index (χ1v) is 8.50. The molecule has 1 aliphatic carbocycles. The van der Waals surface area contributed by atoms with E-state index in [9.17, 15) is 14.4 Å². The quantitative estimate of drug-likeness (QED) is 0.539. The van der Waals surface area contributed by atoms with Crippen molar-refractivity contribution < 1.29 is 28.6 Å². The number of fused-ring (bicyclic) bond motifs is 2. The van der Waals surface area contributed by atoms with Gasteiger partial charge in [-0.25, -0.2) is 9.59 Å². The van der Waals surface area contributed by atoms with E-state index in [0.717, 1.165) is 16.4 Å². The second kappa shape index (κ2) is 8.15. The van der Waals surface area contributed by atoms with Crippen LogP contribution in [-0.4, -0.2) is 59.6 Å². The number of amides is 2. The fraction of sp³-hybridized carbons (Fsp3) is 0.588. The van der Waals surface area contributed by atoms with Gasteiger partial charge in [-0.2, -0.15) is 10.0 Å². The predicted molar refractivity (Wildman–Crippen MR) is 88.4 cm³/mol. The third kappa shape index (κ3) is 3.53. The molecule has 0 aromatic rings. The molecule has 2 heterocycles. The Kier molecular flexibility index (Phi) is 6.19. The highest BCUT2D eigenvalue weighted by molar-refractivity contribution is 6.02. The van der Waals surface area contributed by atoms with Gasteiger partial charge >= 0.3 is 12.2 Å². The molecule has 8 heteroatoms. The largest absolute Gasteiger partial charge is 0.448 e. The van der Waals surface area contributed by atoms with Crippen LogP contribution in [-0.2, 0) is 19.0 Å². The molecule has 0 aromatic carbocycles. The number of nitrogens with zero attached hydrogens (tertiary/aromatic N) is 2. The summed E-state index contributed by atoms with van der Waals surface area (Å²) in [7, 11) is 0. The number of hydrogen-bond donors (Lipinski definition) is 0. The van der Waals surface area contributed by atoms with Crippen molar-refractivity contribution in [1.29, 1.82) is 0 Å². The molecule has 0 radical (unpaired) electrons. The average molecular weight is 352 g/mol. The minimum Gasteiger partial charge on any atom is -0.448 e. The Morgan fingerprint density at radius 1 is 1.12 bits per heavy atom. The van der Waals surface area contributed by atoms with E-state index in [1.165, 1.54) is 18.2 Å². The molecule has 138 valence electrons. The maximum absolute atomic E-state index is 12.7. The maximum Gasteiger partial charge on any atom is 0.432 e. The van der Waals surface area contributed by atoms with Crippen molar-refractivity contribution in [2.24, 2.45) is 0 Å². The van der Waals surface area contributed by atoms with E-state index in [2.05, 4.69) is 0 Å². The molecule has 0 N–H and O–H groups in total. The smallest absolute Gasteiger partial charge is 0.432 e. The molecule has 2 atom stereocenters. The second-order valence-electron chi connectivity index (χ2n) is 5.53. The fourth-order valence-electron chi connectivity index (χ4n) is 2.67. The number of carbonyl (C=O) groups excluding carboxylic acids is 3. The van der Waals surface area contributed by atoms with Crippen LogP contribution < -0.4 is 0 Å². The van der Waals surface area contributed by atoms with Gasteiger partial charge in [0, 0.05) is 0 Å². The molecule has 25 heavy (non-hydrogen) atoms. The summed E-state index contributed by atoms with van der Waals surface area (Å²) in [5, 5.41) is 1.99. The van der Waals surface area contributed by atoms with Gasteiger partial charge in [-0.15, -0.1) is 0 Å². The Hall–Kier alpha value is -2.35. The first-order valence-electron chi connectivity index (χ1n) is 8.50. The molecule has 3 rings (SSSR count). The van der Waals surface area contributed by atoms with Crippen LogP contribution >= 0.6 is 0 Å². The molecule has 3 aliphatic rings. The molecule has 0 saturated carbocycles. The van der Waals surface area contributed by atoms with Gasteiger partial charge in [0.05, 0.1) is 25.9 Å². The minimum atomic E-state index is -1.75. The molecule has 8 nitrogen and oxygen atoms in total. The molecule has 2 aliphatic heterocycles. The summed E-state index contributed by atoms with van der Waals surface area (Å²) in [6.45, 7) is 5.75. The van der Waals surface area contributed by atoms with Gasteiger partial charge in [0.25, 0.3) is 0 Å². The highest BCUT2D eigenvalue weighted by Crippen LogP contribution is 2.34. The summed E-state index contributed by atoms with van der Waals surface area (Å²) >= 11 is 0. The summed E-state index contributed by atoms with van der Waals surface area (Å²) in [6, 6.07) is -0.641. The Balaban J connectivity index is 2.49. The monoisotopic (exact) mass is 352 g/mol. The van der Waals surface area contributed by atoms with Gasteiger partial charge in [-0.3, -0.25) is 4.79 Å². The summed E-state index contributed by atoms with van der Waals surface area (Å²) in [6.07, 6.45) is 5.94. The lowest BCUT2D eigenvalue weighted by Crippen LogP contribution is -2.68. The first-order chi connectivity index (χ1) is 12.0. The average Bonchev–Trinajstić information content (AvgIpc) is 2.81. The van der Waals surface area contributed by atoms with Crippen molar-refractivity contribution in [3.05, 3.63) is 24.3 Å². The molecule has 2 amide bonds. The highest BCUT2D eigenvalue weighted by Gasteiger charge is 2.55. The third-order valence-corrected chi connectivity index (χ3v) is 3.85. The van der Waals surface area contributed by atoms with Crippen LogP contribution in [0.2, 0.25) is 0 Å². The lowest BCUT2D eigenvalue weighted by Gasteiger charge is -2.46.